The van der Waals surface area contributed by atoms with Gasteiger partial charge in [0, 0.05) is 12.3 Å². The highest BCUT2D eigenvalue weighted by Gasteiger charge is 2.29. The van der Waals surface area contributed by atoms with Crippen LogP contribution in [0.2, 0.25) is 0 Å². The summed E-state index contributed by atoms with van der Waals surface area (Å²) in [5, 5.41) is 3.03. The molecule has 2 aromatic rings. The molecule has 5 nitrogen and oxygen atoms in total. The number of nitrogens with one attached hydrogen (secondary N) is 1. The number of carbonyl (C=O) groups excluding carboxylic acids is 1. The van der Waals surface area contributed by atoms with Gasteiger partial charge in [-0.25, -0.2) is 4.39 Å². The summed E-state index contributed by atoms with van der Waals surface area (Å²) in [6.45, 7) is 4.59. The number of hydrogen-bond acceptors (Lipinski definition) is 4. The molecule has 2 heterocycles. The highest BCUT2D eigenvalue weighted by molar-refractivity contribution is 5.79. The van der Waals surface area contributed by atoms with E-state index in [0.29, 0.717) is 30.9 Å². The summed E-state index contributed by atoms with van der Waals surface area (Å²) in [7, 11) is 0. The third kappa shape index (κ3) is 4.79. The first-order valence-corrected chi connectivity index (χ1v) is 8.73. The number of nitrogens with zero attached hydrogens (tertiary/aromatic N) is 1. The number of hydrogen-bond donors (Lipinski definition) is 1. The number of aryl methyl sites for hydroxylation is 2. The van der Waals surface area contributed by atoms with E-state index in [1.54, 1.807) is 25.3 Å². The molecular weight excluding hydrogens is 335 g/mol. The fourth-order valence-electron chi connectivity index (χ4n) is 2.95. The molecule has 138 valence electrons. The summed E-state index contributed by atoms with van der Waals surface area (Å²) in [5.41, 5.74) is 2.24. The quantitative estimate of drug-likeness (QED) is 0.893. The molecular formula is C20H23FN2O3. The van der Waals surface area contributed by atoms with Gasteiger partial charge in [-0.2, -0.15) is 0 Å². The van der Waals surface area contributed by atoms with Gasteiger partial charge in [0.05, 0.1) is 25.3 Å². The minimum atomic E-state index is -0.271. The van der Waals surface area contributed by atoms with Gasteiger partial charge in [0.15, 0.2) is 0 Å². The van der Waals surface area contributed by atoms with E-state index in [9.17, 15) is 9.18 Å². The lowest BCUT2D eigenvalue weighted by Crippen LogP contribution is -2.51. The highest BCUT2D eigenvalue weighted by atomic mass is 19.1. The maximum Gasteiger partial charge on any atom is 0.224 e. The standard InChI is InChI=1S/C20H23FN2O3/c1-13-9-15(4-6-17(13)21)10-20(24)23-18-7-8-25-12-19(18)26-16-5-3-14(2)22-11-16/h3-6,9,11,18-19H,7-8,10,12H2,1-2H3,(H,23,24)/t18-,19+/m1/s1. The monoisotopic (exact) mass is 358 g/mol. The van der Waals surface area contributed by atoms with Gasteiger partial charge >= 0.3 is 0 Å². The number of pyridine rings is 1. The zero-order chi connectivity index (χ0) is 18.5. The summed E-state index contributed by atoms with van der Waals surface area (Å²) in [5.74, 6) is 0.275. The van der Waals surface area contributed by atoms with Crippen LogP contribution in [0.3, 0.4) is 0 Å². The van der Waals surface area contributed by atoms with Crippen molar-refractivity contribution in [2.75, 3.05) is 13.2 Å². The van der Waals surface area contributed by atoms with E-state index in [1.807, 2.05) is 19.1 Å². The third-order valence-electron chi connectivity index (χ3n) is 4.41. The Kier molecular flexibility index (Phi) is 5.83. The molecule has 0 aliphatic carbocycles. The first kappa shape index (κ1) is 18.3. The highest BCUT2D eigenvalue weighted by Crippen LogP contribution is 2.18. The van der Waals surface area contributed by atoms with Gasteiger partial charge in [-0.15, -0.1) is 0 Å². The van der Waals surface area contributed by atoms with Crippen LogP contribution in [0, 0.1) is 19.7 Å². The molecule has 2 atom stereocenters. The van der Waals surface area contributed by atoms with Crippen molar-refractivity contribution in [3.8, 4) is 5.75 Å². The van der Waals surface area contributed by atoms with Crippen molar-refractivity contribution in [2.45, 2.75) is 38.8 Å². The summed E-state index contributed by atoms with van der Waals surface area (Å²) < 4.78 is 24.8. The number of amides is 1. The Morgan fingerprint density at radius 2 is 2.19 bits per heavy atom. The van der Waals surface area contributed by atoms with E-state index < -0.39 is 0 Å². The molecule has 0 radical (unpaired) electrons. The number of halogens is 1. The van der Waals surface area contributed by atoms with Gasteiger partial charge in [0.2, 0.25) is 5.91 Å². The van der Waals surface area contributed by atoms with Crippen LogP contribution in [0.25, 0.3) is 0 Å². The van der Waals surface area contributed by atoms with Crippen molar-refractivity contribution in [2.24, 2.45) is 0 Å². The molecule has 6 heteroatoms. The van der Waals surface area contributed by atoms with Crippen LogP contribution in [0.5, 0.6) is 5.75 Å². The van der Waals surface area contributed by atoms with Crippen LogP contribution >= 0.6 is 0 Å². The second-order valence-corrected chi connectivity index (χ2v) is 6.59. The molecule has 1 aromatic carbocycles. The normalized spacial score (nSPS) is 19.8. The predicted octanol–water partition coefficient (Wildman–Crippen LogP) is 2.73. The van der Waals surface area contributed by atoms with Crippen LogP contribution in [0.4, 0.5) is 4.39 Å². The lowest BCUT2D eigenvalue weighted by atomic mass is 10.0. The van der Waals surface area contributed by atoms with E-state index in [-0.39, 0.29) is 30.3 Å². The molecule has 0 saturated carbocycles. The van der Waals surface area contributed by atoms with E-state index >= 15 is 0 Å². The van der Waals surface area contributed by atoms with E-state index in [1.165, 1.54) is 6.07 Å². The fraction of sp³-hybridized carbons (Fsp3) is 0.400. The Morgan fingerprint density at radius 1 is 1.35 bits per heavy atom. The van der Waals surface area contributed by atoms with E-state index in [0.717, 1.165) is 11.3 Å². The topological polar surface area (TPSA) is 60.5 Å². The van der Waals surface area contributed by atoms with Crippen LogP contribution in [-0.2, 0) is 16.0 Å². The van der Waals surface area contributed by atoms with E-state index in [2.05, 4.69) is 10.3 Å². The molecule has 3 rings (SSSR count). The lowest BCUT2D eigenvalue weighted by molar-refractivity contribution is -0.123. The predicted molar refractivity (Wildman–Crippen MR) is 95.6 cm³/mol. The molecule has 1 saturated heterocycles. The first-order chi connectivity index (χ1) is 12.5. The van der Waals surface area contributed by atoms with Crippen LogP contribution in [-0.4, -0.2) is 36.3 Å². The van der Waals surface area contributed by atoms with Gasteiger partial charge in [0.25, 0.3) is 0 Å². The molecule has 1 aromatic heterocycles. The Labute approximate surface area is 152 Å². The third-order valence-corrected chi connectivity index (χ3v) is 4.41. The maximum absolute atomic E-state index is 13.4. The molecule has 1 fully saturated rings. The average Bonchev–Trinajstić information content (AvgIpc) is 2.62. The van der Waals surface area contributed by atoms with Gasteiger partial charge < -0.3 is 14.8 Å². The van der Waals surface area contributed by atoms with Gasteiger partial charge in [-0.1, -0.05) is 12.1 Å². The van der Waals surface area contributed by atoms with Crippen molar-refractivity contribution in [3.05, 3.63) is 59.2 Å². The van der Waals surface area contributed by atoms with Crippen molar-refractivity contribution in [3.63, 3.8) is 0 Å². The van der Waals surface area contributed by atoms with Crippen LogP contribution in [0.1, 0.15) is 23.2 Å². The minimum Gasteiger partial charge on any atom is -0.484 e. The largest absolute Gasteiger partial charge is 0.484 e. The first-order valence-electron chi connectivity index (χ1n) is 8.73. The molecule has 1 N–H and O–H groups in total. The molecule has 1 aliphatic rings. The van der Waals surface area contributed by atoms with Crippen LogP contribution in [0.15, 0.2) is 36.5 Å². The minimum absolute atomic E-state index is 0.112. The number of carbonyl (C=O) groups is 1. The van der Waals surface area contributed by atoms with Crippen molar-refractivity contribution in [1.29, 1.82) is 0 Å². The Morgan fingerprint density at radius 3 is 2.92 bits per heavy atom. The molecule has 26 heavy (non-hydrogen) atoms. The van der Waals surface area contributed by atoms with Crippen molar-refractivity contribution >= 4 is 5.91 Å². The molecule has 0 unspecified atom stereocenters. The van der Waals surface area contributed by atoms with Gasteiger partial charge in [-0.05, 0) is 49.6 Å². The SMILES string of the molecule is Cc1ccc(O[C@H]2COCC[C@H]2NC(=O)Cc2ccc(F)c(C)c2)cn1. The number of benzene rings is 1. The second kappa shape index (κ2) is 8.27. The zero-order valence-corrected chi connectivity index (χ0v) is 15.0. The van der Waals surface area contributed by atoms with E-state index in [4.69, 9.17) is 9.47 Å². The average molecular weight is 358 g/mol. The molecule has 0 spiro atoms. The number of aromatic nitrogens is 1. The number of ether oxygens (including phenoxy) is 2. The zero-order valence-electron chi connectivity index (χ0n) is 15.0. The Balaban J connectivity index is 1.61. The smallest absolute Gasteiger partial charge is 0.224 e. The van der Waals surface area contributed by atoms with Crippen molar-refractivity contribution in [1.82, 2.24) is 10.3 Å². The summed E-state index contributed by atoms with van der Waals surface area (Å²) in [4.78, 5) is 16.6. The Bertz CT molecular complexity index is 764. The van der Waals surface area contributed by atoms with Crippen molar-refractivity contribution < 1.29 is 18.7 Å². The van der Waals surface area contributed by atoms with Gasteiger partial charge in [0.1, 0.15) is 17.7 Å². The van der Waals surface area contributed by atoms with Crippen LogP contribution < -0.4 is 10.1 Å². The second-order valence-electron chi connectivity index (χ2n) is 6.59. The summed E-state index contributed by atoms with van der Waals surface area (Å²) in [6, 6.07) is 8.32. The fourth-order valence-corrected chi connectivity index (χ4v) is 2.95. The lowest BCUT2D eigenvalue weighted by Gasteiger charge is -2.32. The molecule has 1 aliphatic heterocycles. The Hall–Kier alpha value is -2.47. The summed E-state index contributed by atoms with van der Waals surface area (Å²) >= 11 is 0. The molecule has 1 amide bonds. The van der Waals surface area contributed by atoms with Gasteiger partial charge in [-0.3, -0.25) is 9.78 Å². The number of rotatable bonds is 5. The summed E-state index contributed by atoms with van der Waals surface area (Å²) in [6.07, 6.45) is 2.28. The maximum atomic E-state index is 13.4. The molecule has 0 bridgehead atoms.